The van der Waals surface area contributed by atoms with Gasteiger partial charge in [0.2, 0.25) is 11.8 Å². The molecule has 2 amide bonds. The van der Waals surface area contributed by atoms with Gasteiger partial charge >= 0.3 is 0 Å². The van der Waals surface area contributed by atoms with Crippen LogP contribution in [-0.4, -0.2) is 49.4 Å². The molecular weight excluding hydrogens is 406 g/mol. The van der Waals surface area contributed by atoms with Gasteiger partial charge in [-0.1, -0.05) is 17.3 Å². The first-order chi connectivity index (χ1) is 14.4. The first-order valence-electron chi connectivity index (χ1n) is 9.49. The van der Waals surface area contributed by atoms with E-state index in [0.29, 0.717) is 34.9 Å². The lowest BCUT2D eigenvalue weighted by Crippen LogP contribution is -2.34. The zero-order valence-electron chi connectivity index (χ0n) is 17.0. The highest BCUT2D eigenvalue weighted by atomic mass is 32.2. The highest BCUT2D eigenvalue weighted by Gasteiger charge is 2.20. The van der Waals surface area contributed by atoms with Gasteiger partial charge in [0.05, 0.1) is 28.5 Å². The molecule has 0 saturated heterocycles. The molecule has 0 aliphatic rings. The van der Waals surface area contributed by atoms with Crippen molar-refractivity contribution in [1.82, 2.24) is 20.0 Å². The monoisotopic (exact) mass is 429 g/mol. The SMILES string of the molecule is CCN(Cc1nc2ccccc2c(=O)[nH]1)C(=O)CSC(C)C(=O)Nc1cc(C)on1. The number of H-pyrrole nitrogens is 1. The number of hydrogen-bond acceptors (Lipinski definition) is 7. The molecule has 0 radical (unpaired) electrons. The number of aromatic nitrogens is 3. The number of benzene rings is 1. The lowest BCUT2D eigenvalue weighted by atomic mass is 10.2. The van der Waals surface area contributed by atoms with Gasteiger partial charge in [0.25, 0.3) is 5.56 Å². The Morgan fingerprint density at radius 1 is 1.33 bits per heavy atom. The molecule has 30 heavy (non-hydrogen) atoms. The summed E-state index contributed by atoms with van der Waals surface area (Å²) in [5.74, 6) is 1.08. The number of nitrogens with one attached hydrogen (secondary N) is 2. The van der Waals surface area contributed by atoms with Gasteiger partial charge in [-0.05, 0) is 32.9 Å². The highest BCUT2D eigenvalue weighted by molar-refractivity contribution is 8.01. The maximum absolute atomic E-state index is 12.6. The van der Waals surface area contributed by atoms with Gasteiger partial charge in [-0.3, -0.25) is 14.4 Å². The van der Waals surface area contributed by atoms with Gasteiger partial charge in [-0.15, -0.1) is 11.8 Å². The van der Waals surface area contributed by atoms with Crippen LogP contribution in [0.1, 0.15) is 25.4 Å². The summed E-state index contributed by atoms with van der Waals surface area (Å²) in [5.41, 5.74) is 0.351. The average Bonchev–Trinajstić information content (AvgIpc) is 3.14. The van der Waals surface area contributed by atoms with E-state index in [1.54, 1.807) is 43.0 Å². The Labute approximate surface area is 177 Å². The van der Waals surface area contributed by atoms with Gasteiger partial charge in [-0.25, -0.2) is 4.98 Å². The second kappa shape index (κ2) is 9.57. The van der Waals surface area contributed by atoms with Crippen molar-refractivity contribution in [3.05, 3.63) is 52.3 Å². The number of carbonyl (C=O) groups is 2. The third kappa shape index (κ3) is 5.26. The fourth-order valence-corrected chi connectivity index (χ4v) is 3.57. The molecule has 1 atom stereocenters. The Kier molecular flexibility index (Phi) is 6.88. The predicted molar refractivity (Wildman–Crippen MR) is 115 cm³/mol. The van der Waals surface area contributed by atoms with E-state index >= 15 is 0 Å². The third-order valence-corrected chi connectivity index (χ3v) is 5.57. The standard InChI is InChI=1S/C20H23N5O4S/c1-4-25(10-17-21-15-8-6-5-7-14(15)20(28)23-17)18(26)11-30-13(3)19(27)22-16-9-12(2)29-24-16/h5-9,13H,4,10-11H2,1-3H3,(H,21,23,28)(H,22,24,27). The lowest BCUT2D eigenvalue weighted by molar-refractivity contribution is -0.128. The van der Waals surface area contributed by atoms with E-state index in [0.717, 1.165) is 0 Å². The van der Waals surface area contributed by atoms with Crippen LogP contribution in [0.3, 0.4) is 0 Å². The largest absolute Gasteiger partial charge is 0.360 e. The van der Waals surface area contributed by atoms with E-state index in [2.05, 4.69) is 20.4 Å². The van der Waals surface area contributed by atoms with Crippen LogP contribution in [0, 0.1) is 6.92 Å². The summed E-state index contributed by atoms with van der Waals surface area (Å²) in [4.78, 5) is 45.9. The first kappa shape index (κ1) is 21.6. The Hall–Kier alpha value is -3.14. The van der Waals surface area contributed by atoms with Crippen molar-refractivity contribution in [3.63, 3.8) is 0 Å². The summed E-state index contributed by atoms with van der Waals surface area (Å²) >= 11 is 1.22. The van der Waals surface area contributed by atoms with E-state index in [-0.39, 0.29) is 29.7 Å². The number of para-hydroxylation sites is 1. The summed E-state index contributed by atoms with van der Waals surface area (Å²) in [6.07, 6.45) is 0. The molecule has 2 heterocycles. The van der Waals surface area contributed by atoms with Gasteiger partial charge in [0.15, 0.2) is 5.82 Å². The highest BCUT2D eigenvalue weighted by Crippen LogP contribution is 2.16. The minimum absolute atomic E-state index is 0.123. The number of rotatable bonds is 8. The zero-order chi connectivity index (χ0) is 21.7. The number of fused-ring (bicyclic) bond motifs is 1. The molecule has 0 saturated carbocycles. The quantitative estimate of drug-likeness (QED) is 0.564. The number of nitrogens with zero attached hydrogens (tertiary/aromatic N) is 3. The van der Waals surface area contributed by atoms with Crippen molar-refractivity contribution >= 4 is 40.3 Å². The van der Waals surface area contributed by atoms with Crippen LogP contribution >= 0.6 is 11.8 Å². The summed E-state index contributed by atoms with van der Waals surface area (Å²) < 4.78 is 4.92. The molecule has 1 aromatic carbocycles. The molecule has 158 valence electrons. The summed E-state index contributed by atoms with van der Waals surface area (Å²) in [6, 6.07) is 8.68. The summed E-state index contributed by atoms with van der Waals surface area (Å²) in [7, 11) is 0. The maximum atomic E-state index is 12.6. The number of thioether (sulfide) groups is 1. The first-order valence-corrected chi connectivity index (χ1v) is 10.5. The van der Waals surface area contributed by atoms with Crippen LogP contribution in [0.15, 0.2) is 39.6 Å². The second-order valence-electron chi connectivity index (χ2n) is 6.70. The van der Waals surface area contributed by atoms with Crippen LogP contribution in [0.5, 0.6) is 0 Å². The van der Waals surface area contributed by atoms with Crippen molar-refractivity contribution < 1.29 is 14.1 Å². The molecule has 2 aromatic heterocycles. The molecule has 3 aromatic rings. The van der Waals surface area contributed by atoms with Crippen molar-refractivity contribution in [3.8, 4) is 0 Å². The molecule has 3 rings (SSSR count). The maximum Gasteiger partial charge on any atom is 0.258 e. The van der Waals surface area contributed by atoms with E-state index in [4.69, 9.17) is 4.52 Å². The smallest absolute Gasteiger partial charge is 0.258 e. The van der Waals surface area contributed by atoms with Crippen LogP contribution < -0.4 is 10.9 Å². The summed E-state index contributed by atoms with van der Waals surface area (Å²) in [5, 5.41) is 6.43. The Morgan fingerprint density at radius 3 is 2.80 bits per heavy atom. The average molecular weight is 430 g/mol. The number of anilines is 1. The van der Waals surface area contributed by atoms with E-state index < -0.39 is 5.25 Å². The van der Waals surface area contributed by atoms with Gasteiger partial charge in [0.1, 0.15) is 11.6 Å². The number of amides is 2. The molecule has 0 bridgehead atoms. The number of carbonyl (C=O) groups excluding carboxylic acids is 2. The van der Waals surface area contributed by atoms with Crippen LogP contribution in [0.2, 0.25) is 0 Å². The predicted octanol–water partition coefficient (Wildman–Crippen LogP) is 2.33. The van der Waals surface area contributed by atoms with Crippen molar-refractivity contribution in [2.24, 2.45) is 0 Å². The van der Waals surface area contributed by atoms with Crippen molar-refractivity contribution in [1.29, 1.82) is 0 Å². The van der Waals surface area contributed by atoms with E-state index in [9.17, 15) is 14.4 Å². The van der Waals surface area contributed by atoms with Gasteiger partial charge in [0, 0.05) is 12.6 Å². The van der Waals surface area contributed by atoms with Crippen LogP contribution in [-0.2, 0) is 16.1 Å². The Bertz CT molecular complexity index is 1110. The lowest BCUT2D eigenvalue weighted by Gasteiger charge is -2.21. The molecular formula is C20H23N5O4S. The Balaban J connectivity index is 1.58. The topological polar surface area (TPSA) is 121 Å². The van der Waals surface area contributed by atoms with Gasteiger partial charge in [-0.2, -0.15) is 0 Å². The third-order valence-electron chi connectivity index (χ3n) is 4.44. The van der Waals surface area contributed by atoms with Crippen molar-refractivity contribution in [2.75, 3.05) is 17.6 Å². The molecule has 0 aliphatic carbocycles. The number of aryl methyl sites for hydroxylation is 1. The normalized spacial score (nSPS) is 12.0. The fraction of sp³-hybridized carbons (Fsp3) is 0.350. The minimum atomic E-state index is -0.455. The van der Waals surface area contributed by atoms with Crippen molar-refractivity contribution in [2.45, 2.75) is 32.6 Å². The second-order valence-corrected chi connectivity index (χ2v) is 8.03. The molecule has 0 spiro atoms. The Morgan fingerprint density at radius 2 is 2.10 bits per heavy atom. The molecule has 10 heteroatoms. The minimum Gasteiger partial charge on any atom is -0.360 e. The number of hydrogen-bond donors (Lipinski definition) is 2. The summed E-state index contributed by atoms with van der Waals surface area (Å²) in [6.45, 7) is 5.95. The number of aromatic amines is 1. The molecule has 1 unspecified atom stereocenters. The molecule has 0 fully saturated rings. The molecule has 0 aliphatic heterocycles. The molecule has 9 nitrogen and oxygen atoms in total. The van der Waals surface area contributed by atoms with Crippen LogP contribution in [0.25, 0.3) is 10.9 Å². The molecule has 2 N–H and O–H groups in total. The fourth-order valence-electron chi connectivity index (χ4n) is 2.78. The van der Waals surface area contributed by atoms with E-state index in [1.807, 2.05) is 13.0 Å². The van der Waals surface area contributed by atoms with E-state index in [1.165, 1.54) is 11.8 Å². The van der Waals surface area contributed by atoms with Crippen LogP contribution in [0.4, 0.5) is 5.82 Å². The zero-order valence-corrected chi connectivity index (χ0v) is 17.8. The van der Waals surface area contributed by atoms with Gasteiger partial charge < -0.3 is 19.7 Å².